The topological polar surface area (TPSA) is 104 Å². The van der Waals surface area contributed by atoms with Gasteiger partial charge in [0, 0.05) is 27.4 Å². The lowest BCUT2D eigenvalue weighted by molar-refractivity contribution is -0.114. The van der Waals surface area contributed by atoms with Gasteiger partial charge in [-0.3, -0.25) is 19.2 Å². The fourth-order valence-corrected chi connectivity index (χ4v) is 4.75. The van der Waals surface area contributed by atoms with Crippen molar-refractivity contribution < 1.29 is 19.2 Å². The minimum Gasteiger partial charge on any atom is -0.325 e. The molecule has 0 aliphatic rings. The van der Waals surface area contributed by atoms with Gasteiger partial charge in [-0.25, -0.2) is 0 Å². The molecule has 1 heterocycles. The summed E-state index contributed by atoms with van der Waals surface area (Å²) in [5.41, 5.74) is 3.12. The highest BCUT2D eigenvalue weighted by molar-refractivity contribution is 8.00. The number of rotatable bonds is 10. The van der Waals surface area contributed by atoms with Gasteiger partial charge in [-0.2, -0.15) is 11.3 Å². The van der Waals surface area contributed by atoms with Gasteiger partial charge in [-0.15, -0.1) is 11.8 Å². The van der Waals surface area contributed by atoms with Crippen molar-refractivity contribution in [1.82, 2.24) is 5.32 Å². The zero-order chi connectivity index (χ0) is 27.6. The number of anilines is 2. The number of thioether (sulfide) groups is 1. The van der Waals surface area contributed by atoms with Crippen LogP contribution in [0.15, 0.2) is 106 Å². The van der Waals surface area contributed by atoms with Crippen LogP contribution >= 0.6 is 23.1 Å². The maximum absolute atomic E-state index is 13.1. The van der Waals surface area contributed by atoms with E-state index in [0.29, 0.717) is 22.5 Å². The van der Waals surface area contributed by atoms with E-state index in [1.165, 1.54) is 30.0 Å². The smallest absolute Gasteiger partial charge is 0.272 e. The van der Waals surface area contributed by atoms with Gasteiger partial charge in [0.2, 0.25) is 5.91 Å². The van der Waals surface area contributed by atoms with Crippen LogP contribution in [0.4, 0.5) is 11.4 Å². The van der Waals surface area contributed by atoms with Crippen LogP contribution in [0, 0.1) is 0 Å². The standard InChI is InChI=1S/C30H25N3O4S2/c1-20(34)22-7-9-24(10-8-22)31-28(35)19-39-26-13-11-25(12-14-26)32-30(37)27(17-21-15-16-38-18-21)33-29(36)23-5-3-2-4-6-23/h2-18H,19H2,1H3,(H,31,35)(H,32,37)(H,33,36)/b27-17-. The van der Waals surface area contributed by atoms with Gasteiger partial charge >= 0.3 is 0 Å². The maximum atomic E-state index is 13.1. The van der Waals surface area contributed by atoms with Crippen molar-refractivity contribution in [3.63, 3.8) is 0 Å². The molecule has 0 spiro atoms. The Hall–Kier alpha value is -4.47. The number of carbonyl (C=O) groups excluding carboxylic acids is 4. The SMILES string of the molecule is CC(=O)c1ccc(NC(=O)CSc2ccc(NC(=O)/C(=C/c3ccsc3)NC(=O)c3ccccc3)cc2)cc1. The fourth-order valence-electron chi connectivity index (χ4n) is 3.43. The number of carbonyl (C=O) groups is 4. The minimum atomic E-state index is -0.457. The summed E-state index contributed by atoms with van der Waals surface area (Å²) in [5, 5.41) is 12.1. The number of benzene rings is 3. The Morgan fingerprint density at radius 2 is 1.46 bits per heavy atom. The number of hydrogen-bond acceptors (Lipinski definition) is 6. The van der Waals surface area contributed by atoms with E-state index in [2.05, 4.69) is 16.0 Å². The first kappa shape index (κ1) is 27.6. The number of amides is 3. The second-order valence-electron chi connectivity index (χ2n) is 8.38. The lowest BCUT2D eigenvalue weighted by Crippen LogP contribution is -2.30. The molecule has 1 aromatic heterocycles. The molecule has 196 valence electrons. The van der Waals surface area contributed by atoms with E-state index in [0.717, 1.165) is 10.5 Å². The van der Waals surface area contributed by atoms with Crippen molar-refractivity contribution in [1.29, 1.82) is 0 Å². The molecular formula is C30H25N3O4S2. The highest BCUT2D eigenvalue weighted by atomic mass is 32.2. The third kappa shape index (κ3) is 8.26. The van der Waals surface area contributed by atoms with Gasteiger partial charge < -0.3 is 16.0 Å². The zero-order valence-corrected chi connectivity index (χ0v) is 22.6. The number of nitrogens with one attached hydrogen (secondary N) is 3. The molecule has 4 aromatic rings. The van der Waals surface area contributed by atoms with Gasteiger partial charge in [0.1, 0.15) is 5.70 Å². The summed E-state index contributed by atoms with van der Waals surface area (Å²) in [4.78, 5) is 50.3. The summed E-state index contributed by atoms with van der Waals surface area (Å²) in [6.45, 7) is 1.49. The van der Waals surface area contributed by atoms with Gasteiger partial charge in [0.15, 0.2) is 5.78 Å². The van der Waals surface area contributed by atoms with Gasteiger partial charge in [0.25, 0.3) is 11.8 Å². The van der Waals surface area contributed by atoms with Crippen LogP contribution in [-0.4, -0.2) is 29.3 Å². The Balaban J connectivity index is 1.34. The predicted octanol–water partition coefficient (Wildman–Crippen LogP) is 6.09. The van der Waals surface area contributed by atoms with Crippen molar-refractivity contribution in [3.05, 3.63) is 118 Å². The normalized spacial score (nSPS) is 10.9. The van der Waals surface area contributed by atoms with E-state index in [1.807, 2.05) is 22.9 Å². The molecule has 0 aliphatic heterocycles. The van der Waals surface area contributed by atoms with Crippen molar-refractivity contribution in [2.45, 2.75) is 11.8 Å². The van der Waals surface area contributed by atoms with Gasteiger partial charge in [-0.05, 0) is 96.1 Å². The summed E-state index contributed by atoms with van der Waals surface area (Å²) in [5.74, 6) is -0.854. The maximum Gasteiger partial charge on any atom is 0.272 e. The lowest BCUT2D eigenvalue weighted by Gasteiger charge is -2.11. The van der Waals surface area contributed by atoms with Crippen LogP contribution in [0.5, 0.6) is 0 Å². The van der Waals surface area contributed by atoms with Crippen LogP contribution in [0.1, 0.15) is 33.2 Å². The highest BCUT2D eigenvalue weighted by Gasteiger charge is 2.15. The third-order valence-electron chi connectivity index (χ3n) is 5.44. The molecule has 0 unspecified atom stereocenters. The zero-order valence-electron chi connectivity index (χ0n) is 21.0. The van der Waals surface area contributed by atoms with E-state index < -0.39 is 5.91 Å². The van der Waals surface area contributed by atoms with Crippen molar-refractivity contribution in [2.75, 3.05) is 16.4 Å². The average Bonchev–Trinajstić information content (AvgIpc) is 3.46. The second-order valence-corrected chi connectivity index (χ2v) is 10.2. The Labute approximate surface area is 234 Å². The van der Waals surface area contributed by atoms with Crippen molar-refractivity contribution >= 4 is 64.1 Å². The summed E-state index contributed by atoms with van der Waals surface area (Å²) in [6, 6.07) is 24.4. The third-order valence-corrected chi connectivity index (χ3v) is 7.15. The summed E-state index contributed by atoms with van der Waals surface area (Å²) < 4.78 is 0. The number of hydrogen-bond donors (Lipinski definition) is 3. The second kappa shape index (κ2) is 13.4. The molecule has 39 heavy (non-hydrogen) atoms. The van der Waals surface area contributed by atoms with Crippen LogP contribution in [-0.2, 0) is 9.59 Å². The fraction of sp³-hybridized carbons (Fsp3) is 0.0667. The van der Waals surface area contributed by atoms with Crippen LogP contribution < -0.4 is 16.0 Å². The molecule has 7 nitrogen and oxygen atoms in total. The highest BCUT2D eigenvalue weighted by Crippen LogP contribution is 2.21. The minimum absolute atomic E-state index is 0.0327. The molecule has 9 heteroatoms. The lowest BCUT2D eigenvalue weighted by atomic mass is 10.1. The van der Waals surface area contributed by atoms with Crippen LogP contribution in [0.3, 0.4) is 0 Å². The molecule has 0 atom stereocenters. The number of Topliss-reactive ketones (excluding diaryl/α,β-unsaturated/α-hetero) is 1. The van der Waals surface area contributed by atoms with Crippen LogP contribution in [0.25, 0.3) is 6.08 Å². The molecule has 4 rings (SSSR count). The molecule has 3 N–H and O–H groups in total. The van der Waals surface area contributed by atoms with E-state index in [-0.39, 0.29) is 29.0 Å². The Morgan fingerprint density at radius 3 is 2.10 bits per heavy atom. The molecule has 0 saturated heterocycles. The van der Waals surface area contributed by atoms with Gasteiger partial charge in [0.05, 0.1) is 5.75 Å². The molecular weight excluding hydrogens is 530 g/mol. The largest absolute Gasteiger partial charge is 0.325 e. The number of ketones is 1. The van der Waals surface area contributed by atoms with E-state index in [9.17, 15) is 19.2 Å². The summed E-state index contributed by atoms with van der Waals surface area (Å²) in [6.07, 6.45) is 1.63. The molecule has 3 amide bonds. The van der Waals surface area contributed by atoms with Gasteiger partial charge in [-0.1, -0.05) is 18.2 Å². The summed E-state index contributed by atoms with van der Waals surface area (Å²) in [7, 11) is 0. The van der Waals surface area contributed by atoms with Crippen molar-refractivity contribution in [2.24, 2.45) is 0 Å². The first-order valence-corrected chi connectivity index (χ1v) is 13.9. The first-order chi connectivity index (χ1) is 18.9. The molecule has 0 bridgehead atoms. The molecule has 0 fully saturated rings. The first-order valence-electron chi connectivity index (χ1n) is 11.9. The predicted molar refractivity (Wildman–Crippen MR) is 157 cm³/mol. The number of thiophene rings is 1. The summed E-state index contributed by atoms with van der Waals surface area (Å²) >= 11 is 2.84. The molecule has 0 aliphatic carbocycles. The average molecular weight is 556 g/mol. The Kier molecular flexibility index (Phi) is 9.44. The van der Waals surface area contributed by atoms with Crippen molar-refractivity contribution in [3.8, 4) is 0 Å². The molecule has 0 radical (unpaired) electrons. The van der Waals surface area contributed by atoms with E-state index in [4.69, 9.17) is 0 Å². The van der Waals surface area contributed by atoms with Crippen LogP contribution in [0.2, 0.25) is 0 Å². The van der Waals surface area contributed by atoms with E-state index >= 15 is 0 Å². The monoisotopic (exact) mass is 555 g/mol. The Morgan fingerprint density at radius 1 is 0.795 bits per heavy atom. The quantitative estimate of drug-likeness (QED) is 0.125. The molecule has 0 saturated carbocycles. The Bertz CT molecular complexity index is 1480. The van der Waals surface area contributed by atoms with E-state index in [1.54, 1.807) is 78.9 Å². The molecule has 3 aromatic carbocycles.